The van der Waals surface area contributed by atoms with Gasteiger partial charge in [-0.05, 0) is 13.8 Å². The van der Waals surface area contributed by atoms with Crippen LogP contribution in [-0.2, 0) is 13.6 Å². The van der Waals surface area contributed by atoms with Gasteiger partial charge in [-0.2, -0.15) is 5.10 Å². The van der Waals surface area contributed by atoms with Crippen molar-refractivity contribution in [2.24, 2.45) is 7.05 Å². The summed E-state index contributed by atoms with van der Waals surface area (Å²) in [6.45, 7) is 9.04. The molecule has 0 spiro atoms. The van der Waals surface area contributed by atoms with E-state index >= 15 is 0 Å². The molecule has 0 saturated carbocycles. The fraction of sp³-hybridized carbons (Fsp3) is 0.571. The standard InChI is InChI=1S/C14H23N5O/c1-7-19-12(15)11(16-13(19)8(2)3)10-9(4)17-18(5)14(10)20-6/h8H,7,15H2,1-6H3. The Morgan fingerprint density at radius 2 is 2.00 bits per heavy atom. The molecule has 0 aliphatic rings. The quantitative estimate of drug-likeness (QED) is 0.931. The van der Waals surface area contributed by atoms with Crippen LogP contribution in [0.25, 0.3) is 11.3 Å². The van der Waals surface area contributed by atoms with Gasteiger partial charge < -0.3 is 15.0 Å². The van der Waals surface area contributed by atoms with E-state index in [-0.39, 0.29) is 0 Å². The molecule has 6 nitrogen and oxygen atoms in total. The molecular formula is C14H23N5O. The summed E-state index contributed by atoms with van der Waals surface area (Å²) in [6, 6.07) is 0. The van der Waals surface area contributed by atoms with Crippen LogP contribution in [0.5, 0.6) is 5.88 Å². The molecule has 6 heteroatoms. The molecule has 2 rings (SSSR count). The maximum absolute atomic E-state index is 6.29. The molecule has 2 aromatic heterocycles. The molecule has 0 saturated heterocycles. The molecule has 0 atom stereocenters. The number of hydrogen-bond acceptors (Lipinski definition) is 4. The zero-order valence-corrected chi connectivity index (χ0v) is 13.1. The molecule has 20 heavy (non-hydrogen) atoms. The van der Waals surface area contributed by atoms with Crippen LogP contribution in [0, 0.1) is 6.92 Å². The summed E-state index contributed by atoms with van der Waals surface area (Å²) in [7, 11) is 3.49. The Balaban J connectivity index is 2.71. The highest BCUT2D eigenvalue weighted by Crippen LogP contribution is 2.37. The second-order valence-corrected chi connectivity index (χ2v) is 5.20. The predicted molar refractivity (Wildman–Crippen MR) is 79.9 cm³/mol. The van der Waals surface area contributed by atoms with E-state index in [2.05, 4.69) is 25.9 Å². The van der Waals surface area contributed by atoms with E-state index in [0.29, 0.717) is 17.6 Å². The number of nitrogens with two attached hydrogens (primary N) is 1. The van der Waals surface area contributed by atoms with Crippen molar-refractivity contribution in [2.75, 3.05) is 12.8 Å². The summed E-state index contributed by atoms with van der Waals surface area (Å²) < 4.78 is 9.21. The van der Waals surface area contributed by atoms with Gasteiger partial charge in [0.1, 0.15) is 17.3 Å². The van der Waals surface area contributed by atoms with E-state index < -0.39 is 0 Å². The van der Waals surface area contributed by atoms with Gasteiger partial charge >= 0.3 is 0 Å². The molecule has 2 aromatic rings. The lowest BCUT2D eigenvalue weighted by Crippen LogP contribution is -2.06. The lowest BCUT2D eigenvalue weighted by atomic mass is 10.2. The summed E-state index contributed by atoms with van der Waals surface area (Å²) in [5.41, 5.74) is 8.80. The summed E-state index contributed by atoms with van der Waals surface area (Å²) >= 11 is 0. The van der Waals surface area contributed by atoms with Gasteiger partial charge in [0.15, 0.2) is 0 Å². The lowest BCUT2D eigenvalue weighted by Gasteiger charge is -2.08. The zero-order valence-electron chi connectivity index (χ0n) is 13.1. The van der Waals surface area contributed by atoms with Crippen molar-refractivity contribution in [1.29, 1.82) is 0 Å². The number of nitrogen functional groups attached to an aromatic ring is 1. The van der Waals surface area contributed by atoms with E-state index in [0.717, 1.165) is 29.3 Å². The van der Waals surface area contributed by atoms with E-state index in [1.54, 1.807) is 11.8 Å². The molecule has 2 heterocycles. The first kappa shape index (κ1) is 14.4. The highest BCUT2D eigenvalue weighted by Gasteiger charge is 2.24. The van der Waals surface area contributed by atoms with Gasteiger partial charge in [-0.3, -0.25) is 0 Å². The number of ether oxygens (including phenoxy) is 1. The van der Waals surface area contributed by atoms with Crippen LogP contribution in [0.1, 0.15) is 38.2 Å². The first-order chi connectivity index (χ1) is 9.42. The molecule has 0 fully saturated rings. The Kier molecular flexibility index (Phi) is 3.74. The summed E-state index contributed by atoms with van der Waals surface area (Å²) in [6.07, 6.45) is 0. The number of nitrogens with zero attached hydrogens (tertiary/aromatic N) is 4. The van der Waals surface area contributed by atoms with Crippen molar-refractivity contribution in [2.45, 2.75) is 40.2 Å². The van der Waals surface area contributed by atoms with Crippen LogP contribution in [-0.4, -0.2) is 26.4 Å². The van der Waals surface area contributed by atoms with Crippen LogP contribution in [0.4, 0.5) is 5.82 Å². The van der Waals surface area contributed by atoms with E-state index in [1.807, 2.05) is 18.5 Å². The summed E-state index contributed by atoms with van der Waals surface area (Å²) in [5.74, 6) is 2.66. The molecule has 0 unspecified atom stereocenters. The Labute approximate surface area is 119 Å². The molecule has 0 radical (unpaired) electrons. The molecule has 0 bridgehead atoms. The summed E-state index contributed by atoms with van der Waals surface area (Å²) in [4.78, 5) is 4.74. The zero-order chi connectivity index (χ0) is 15.0. The monoisotopic (exact) mass is 277 g/mol. The topological polar surface area (TPSA) is 70.9 Å². The van der Waals surface area contributed by atoms with Crippen LogP contribution in [0.2, 0.25) is 0 Å². The molecule has 0 aliphatic heterocycles. The smallest absolute Gasteiger partial charge is 0.221 e. The Hall–Kier alpha value is -1.98. The maximum Gasteiger partial charge on any atom is 0.221 e. The molecule has 0 aliphatic carbocycles. The average Bonchev–Trinajstić information content (AvgIpc) is 2.85. The lowest BCUT2D eigenvalue weighted by molar-refractivity contribution is 0.374. The Bertz CT molecular complexity index is 624. The highest BCUT2D eigenvalue weighted by atomic mass is 16.5. The fourth-order valence-corrected chi connectivity index (χ4v) is 2.58. The maximum atomic E-state index is 6.29. The Morgan fingerprint density at radius 3 is 2.45 bits per heavy atom. The first-order valence-corrected chi connectivity index (χ1v) is 6.86. The highest BCUT2D eigenvalue weighted by molar-refractivity contribution is 5.77. The number of hydrogen-bond donors (Lipinski definition) is 1. The molecular weight excluding hydrogens is 254 g/mol. The van der Waals surface area contributed by atoms with Gasteiger partial charge in [0.2, 0.25) is 5.88 Å². The SMILES string of the molecule is CCn1c(C(C)C)nc(-c2c(C)nn(C)c2OC)c1N. The minimum atomic E-state index is 0.314. The van der Waals surface area contributed by atoms with Gasteiger partial charge in [0.05, 0.1) is 18.4 Å². The van der Waals surface area contributed by atoms with Crippen LogP contribution in [0.3, 0.4) is 0 Å². The number of anilines is 1. The largest absolute Gasteiger partial charge is 0.481 e. The van der Waals surface area contributed by atoms with Gasteiger partial charge in [-0.1, -0.05) is 13.8 Å². The van der Waals surface area contributed by atoms with E-state index in [1.165, 1.54) is 0 Å². The van der Waals surface area contributed by atoms with Crippen LogP contribution in [0.15, 0.2) is 0 Å². The van der Waals surface area contributed by atoms with Gasteiger partial charge in [0.25, 0.3) is 0 Å². The van der Waals surface area contributed by atoms with Crippen molar-refractivity contribution in [3.05, 3.63) is 11.5 Å². The van der Waals surface area contributed by atoms with Gasteiger partial charge in [-0.25, -0.2) is 9.67 Å². The molecule has 0 amide bonds. The minimum absolute atomic E-state index is 0.314. The van der Waals surface area contributed by atoms with Crippen molar-refractivity contribution >= 4 is 5.82 Å². The van der Waals surface area contributed by atoms with Crippen LogP contribution >= 0.6 is 0 Å². The number of imidazole rings is 1. The number of aryl methyl sites for hydroxylation is 2. The molecule has 0 aromatic carbocycles. The molecule has 110 valence electrons. The third-order valence-electron chi connectivity index (χ3n) is 3.47. The molecule has 2 N–H and O–H groups in total. The Morgan fingerprint density at radius 1 is 1.35 bits per heavy atom. The van der Waals surface area contributed by atoms with E-state index in [4.69, 9.17) is 15.5 Å². The fourth-order valence-electron chi connectivity index (χ4n) is 2.58. The average molecular weight is 277 g/mol. The normalized spacial score (nSPS) is 11.3. The second kappa shape index (κ2) is 5.19. The minimum Gasteiger partial charge on any atom is -0.481 e. The van der Waals surface area contributed by atoms with E-state index in [9.17, 15) is 0 Å². The van der Waals surface area contributed by atoms with Crippen molar-refractivity contribution in [3.63, 3.8) is 0 Å². The second-order valence-electron chi connectivity index (χ2n) is 5.20. The van der Waals surface area contributed by atoms with Crippen molar-refractivity contribution < 1.29 is 4.74 Å². The number of aromatic nitrogens is 4. The third-order valence-corrected chi connectivity index (χ3v) is 3.47. The number of rotatable bonds is 4. The van der Waals surface area contributed by atoms with Crippen molar-refractivity contribution in [1.82, 2.24) is 19.3 Å². The third kappa shape index (κ3) is 2.05. The van der Waals surface area contributed by atoms with Crippen molar-refractivity contribution in [3.8, 4) is 17.1 Å². The predicted octanol–water partition coefficient (Wildman–Crippen LogP) is 2.33. The number of methoxy groups -OCH3 is 1. The van der Waals surface area contributed by atoms with Gasteiger partial charge in [-0.15, -0.1) is 0 Å². The van der Waals surface area contributed by atoms with Crippen LogP contribution < -0.4 is 10.5 Å². The first-order valence-electron chi connectivity index (χ1n) is 6.86. The summed E-state index contributed by atoms with van der Waals surface area (Å²) in [5, 5.41) is 4.40. The van der Waals surface area contributed by atoms with Gasteiger partial charge in [0, 0.05) is 19.5 Å².